The standard InChI is InChI=1S/C12H21NO5/c1-12(2,3)18-11(16)13-6-7-17-8-9(13)4-5-10(14)15/h9H,4-8H2,1-3H3,(H,14,15)/t9-/m0/s1. The van der Waals surface area contributed by atoms with Crippen molar-refractivity contribution in [2.75, 3.05) is 19.8 Å². The van der Waals surface area contributed by atoms with Gasteiger partial charge in [0.1, 0.15) is 5.60 Å². The van der Waals surface area contributed by atoms with E-state index in [9.17, 15) is 9.59 Å². The molecule has 1 rings (SSSR count). The molecule has 0 saturated carbocycles. The van der Waals surface area contributed by atoms with Crippen LogP contribution >= 0.6 is 0 Å². The van der Waals surface area contributed by atoms with Gasteiger partial charge in [-0.05, 0) is 27.2 Å². The molecule has 6 heteroatoms. The van der Waals surface area contributed by atoms with E-state index >= 15 is 0 Å². The van der Waals surface area contributed by atoms with E-state index in [1.54, 1.807) is 25.7 Å². The Morgan fingerprint density at radius 2 is 2.11 bits per heavy atom. The van der Waals surface area contributed by atoms with Gasteiger partial charge in [0.2, 0.25) is 0 Å². The third kappa shape index (κ3) is 4.91. The lowest BCUT2D eigenvalue weighted by Gasteiger charge is -2.36. The highest BCUT2D eigenvalue weighted by Crippen LogP contribution is 2.17. The summed E-state index contributed by atoms with van der Waals surface area (Å²) in [7, 11) is 0. The van der Waals surface area contributed by atoms with Gasteiger partial charge in [-0.1, -0.05) is 0 Å². The molecule has 0 spiro atoms. The van der Waals surface area contributed by atoms with Gasteiger partial charge in [-0.15, -0.1) is 0 Å². The maximum absolute atomic E-state index is 12.0. The van der Waals surface area contributed by atoms with Crippen molar-refractivity contribution in [1.82, 2.24) is 4.90 Å². The Bertz CT molecular complexity index is 310. The average molecular weight is 259 g/mol. The second-order valence-corrected chi connectivity index (χ2v) is 5.33. The van der Waals surface area contributed by atoms with Crippen LogP contribution < -0.4 is 0 Å². The van der Waals surface area contributed by atoms with Crippen molar-refractivity contribution in [3.63, 3.8) is 0 Å². The van der Waals surface area contributed by atoms with Gasteiger partial charge in [0.15, 0.2) is 0 Å². The molecule has 1 heterocycles. The molecule has 0 aromatic rings. The minimum absolute atomic E-state index is 0.0212. The highest BCUT2D eigenvalue weighted by molar-refractivity contribution is 5.69. The van der Waals surface area contributed by atoms with Crippen molar-refractivity contribution < 1.29 is 24.2 Å². The zero-order valence-corrected chi connectivity index (χ0v) is 11.1. The number of hydrogen-bond acceptors (Lipinski definition) is 4. The monoisotopic (exact) mass is 259 g/mol. The van der Waals surface area contributed by atoms with Crippen LogP contribution in [0.2, 0.25) is 0 Å². The zero-order chi connectivity index (χ0) is 13.8. The van der Waals surface area contributed by atoms with Crippen molar-refractivity contribution in [3.05, 3.63) is 0 Å². The number of hydrogen-bond donors (Lipinski definition) is 1. The quantitative estimate of drug-likeness (QED) is 0.831. The summed E-state index contributed by atoms with van der Waals surface area (Å²) in [6.07, 6.45) is 0.00299. The number of carboxylic acids is 1. The number of nitrogens with zero attached hydrogens (tertiary/aromatic N) is 1. The van der Waals surface area contributed by atoms with E-state index in [1.165, 1.54) is 0 Å². The van der Waals surface area contributed by atoms with E-state index < -0.39 is 17.7 Å². The lowest BCUT2D eigenvalue weighted by atomic mass is 10.1. The number of carbonyl (C=O) groups is 2. The Morgan fingerprint density at radius 3 is 2.67 bits per heavy atom. The molecule has 1 aliphatic heterocycles. The number of rotatable bonds is 3. The highest BCUT2D eigenvalue weighted by atomic mass is 16.6. The Labute approximate surface area is 107 Å². The third-order valence-corrected chi connectivity index (χ3v) is 2.55. The molecule has 0 bridgehead atoms. The first-order chi connectivity index (χ1) is 8.29. The predicted molar refractivity (Wildman–Crippen MR) is 64.4 cm³/mol. The summed E-state index contributed by atoms with van der Waals surface area (Å²) in [5.41, 5.74) is -0.549. The molecule has 18 heavy (non-hydrogen) atoms. The maximum Gasteiger partial charge on any atom is 0.410 e. The number of aliphatic carboxylic acids is 1. The van der Waals surface area contributed by atoms with Crippen LogP contribution in [0.1, 0.15) is 33.6 Å². The van der Waals surface area contributed by atoms with Crippen molar-refractivity contribution in [2.45, 2.75) is 45.3 Å². The van der Waals surface area contributed by atoms with Crippen molar-refractivity contribution in [3.8, 4) is 0 Å². The van der Waals surface area contributed by atoms with Gasteiger partial charge < -0.3 is 19.5 Å². The van der Waals surface area contributed by atoms with Crippen LogP contribution in [0.25, 0.3) is 0 Å². The van der Waals surface area contributed by atoms with Crippen LogP contribution in [-0.4, -0.2) is 53.5 Å². The molecule has 6 nitrogen and oxygen atoms in total. The molecule has 1 aliphatic rings. The van der Waals surface area contributed by atoms with Gasteiger partial charge in [-0.2, -0.15) is 0 Å². The topological polar surface area (TPSA) is 76.1 Å². The van der Waals surface area contributed by atoms with Gasteiger partial charge in [-0.3, -0.25) is 4.79 Å². The number of amides is 1. The molecule has 1 saturated heterocycles. The summed E-state index contributed by atoms with van der Waals surface area (Å²) in [6.45, 7) is 6.68. The van der Waals surface area contributed by atoms with Gasteiger partial charge in [0.25, 0.3) is 0 Å². The molecular weight excluding hydrogens is 238 g/mol. The van der Waals surface area contributed by atoms with Crippen LogP contribution in [0, 0.1) is 0 Å². The van der Waals surface area contributed by atoms with Crippen LogP contribution in [0.5, 0.6) is 0 Å². The molecule has 0 aromatic heterocycles. The second kappa shape index (κ2) is 6.04. The van der Waals surface area contributed by atoms with E-state index in [-0.39, 0.29) is 12.5 Å². The molecule has 1 fully saturated rings. The van der Waals surface area contributed by atoms with Gasteiger partial charge >= 0.3 is 12.1 Å². The zero-order valence-electron chi connectivity index (χ0n) is 11.1. The van der Waals surface area contributed by atoms with E-state index in [4.69, 9.17) is 14.6 Å². The first-order valence-corrected chi connectivity index (χ1v) is 6.09. The minimum Gasteiger partial charge on any atom is -0.481 e. The van der Waals surface area contributed by atoms with Gasteiger partial charge in [-0.25, -0.2) is 4.79 Å². The molecule has 0 unspecified atom stereocenters. The predicted octanol–water partition coefficient (Wildman–Crippen LogP) is 1.49. The Morgan fingerprint density at radius 1 is 1.44 bits per heavy atom. The lowest BCUT2D eigenvalue weighted by molar-refractivity contribution is -0.137. The molecule has 1 amide bonds. The number of carbonyl (C=O) groups excluding carboxylic acids is 1. The number of morpholine rings is 1. The second-order valence-electron chi connectivity index (χ2n) is 5.33. The summed E-state index contributed by atoms with van der Waals surface area (Å²) in [6, 6.07) is -0.218. The summed E-state index contributed by atoms with van der Waals surface area (Å²) in [5.74, 6) is -0.871. The Hall–Kier alpha value is -1.30. The van der Waals surface area contributed by atoms with E-state index in [2.05, 4.69) is 0 Å². The molecule has 104 valence electrons. The van der Waals surface area contributed by atoms with Crippen molar-refractivity contribution in [2.24, 2.45) is 0 Å². The smallest absolute Gasteiger partial charge is 0.410 e. The minimum atomic E-state index is -0.871. The Balaban J connectivity index is 2.58. The fourth-order valence-electron chi connectivity index (χ4n) is 1.74. The number of ether oxygens (including phenoxy) is 2. The largest absolute Gasteiger partial charge is 0.481 e. The maximum atomic E-state index is 12.0. The average Bonchev–Trinajstić information content (AvgIpc) is 2.24. The molecule has 0 aromatic carbocycles. The lowest BCUT2D eigenvalue weighted by Crippen LogP contribution is -2.50. The number of carboxylic acid groups (broad SMARTS) is 1. The summed E-state index contributed by atoms with van der Waals surface area (Å²) in [5, 5.41) is 8.68. The van der Waals surface area contributed by atoms with E-state index in [1.807, 2.05) is 0 Å². The molecule has 0 aliphatic carbocycles. The molecular formula is C12H21NO5. The first-order valence-electron chi connectivity index (χ1n) is 6.09. The van der Waals surface area contributed by atoms with Crippen LogP contribution in [0.3, 0.4) is 0 Å². The van der Waals surface area contributed by atoms with Crippen molar-refractivity contribution in [1.29, 1.82) is 0 Å². The fraction of sp³-hybridized carbons (Fsp3) is 0.833. The molecule has 1 N–H and O–H groups in total. The molecule has 0 radical (unpaired) electrons. The third-order valence-electron chi connectivity index (χ3n) is 2.55. The van der Waals surface area contributed by atoms with Gasteiger partial charge in [0, 0.05) is 13.0 Å². The summed E-state index contributed by atoms with van der Waals surface area (Å²) >= 11 is 0. The van der Waals surface area contributed by atoms with Crippen molar-refractivity contribution >= 4 is 12.1 Å². The fourth-order valence-corrected chi connectivity index (χ4v) is 1.74. The van der Waals surface area contributed by atoms with Gasteiger partial charge in [0.05, 0.1) is 19.3 Å². The van der Waals surface area contributed by atoms with Crippen LogP contribution in [0.15, 0.2) is 0 Å². The molecule has 1 atom stereocenters. The van der Waals surface area contributed by atoms with E-state index in [0.717, 1.165) is 0 Å². The van der Waals surface area contributed by atoms with Crippen LogP contribution in [-0.2, 0) is 14.3 Å². The summed E-state index contributed by atoms with van der Waals surface area (Å²) < 4.78 is 10.6. The van der Waals surface area contributed by atoms with E-state index in [0.29, 0.717) is 26.2 Å². The Kier molecular flexibility index (Phi) is 4.95. The first kappa shape index (κ1) is 14.8. The normalized spacial score (nSPS) is 20.6. The highest BCUT2D eigenvalue weighted by Gasteiger charge is 2.31. The summed E-state index contributed by atoms with van der Waals surface area (Å²) in [4.78, 5) is 24.1. The van der Waals surface area contributed by atoms with Crippen LogP contribution in [0.4, 0.5) is 4.79 Å². The SMILES string of the molecule is CC(C)(C)OC(=O)N1CCOC[C@@H]1CCC(=O)O.